The quantitative estimate of drug-likeness (QED) is 0.457. The molecule has 3 aliphatic carbocycles. The highest BCUT2D eigenvalue weighted by atomic mass is 19.1. The van der Waals surface area contributed by atoms with E-state index >= 15 is 0 Å². The molecule has 7 rings (SSSR count). The molecule has 1 aromatic heterocycles. The van der Waals surface area contributed by atoms with Crippen molar-refractivity contribution >= 4 is 17.0 Å². The summed E-state index contributed by atoms with van der Waals surface area (Å²) in [4.78, 5) is 2.49. The fourth-order valence-electron chi connectivity index (χ4n) is 6.56. The predicted octanol–water partition coefficient (Wildman–Crippen LogP) is 8.11. The SMILES string of the molecule is CC(C1=CCCC=C1)C1=CC2C3c4oc5cc(C6C=CC(F)=CC6)ccc5c4C=CC3CN2C=C1. The fraction of sp³-hybridized carbons (Fsp3) is 0.312. The second-order valence-corrected chi connectivity index (χ2v) is 10.5. The number of allylic oxidation sites excluding steroid dienone is 10. The Bertz CT molecular complexity index is 1410. The van der Waals surface area contributed by atoms with E-state index in [1.54, 1.807) is 12.2 Å². The van der Waals surface area contributed by atoms with Gasteiger partial charge < -0.3 is 9.32 Å². The maximum Gasteiger partial charge on any atom is 0.135 e. The second-order valence-electron chi connectivity index (χ2n) is 10.5. The summed E-state index contributed by atoms with van der Waals surface area (Å²) in [6, 6.07) is 6.86. The maximum absolute atomic E-state index is 13.5. The van der Waals surface area contributed by atoms with E-state index in [1.807, 2.05) is 6.08 Å². The molecule has 35 heavy (non-hydrogen) atoms. The highest BCUT2D eigenvalue weighted by Crippen LogP contribution is 2.49. The largest absolute Gasteiger partial charge is 0.460 e. The summed E-state index contributed by atoms with van der Waals surface area (Å²) in [5.74, 6) is 2.36. The molecule has 1 saturated heterocycles. The van der Waals surface area contributed by atoms with Crippen LogP contribution in [0, 0.1) is 11.8 Å². The van der Waals surface area contributed by atoms with Crippen LogP contribution in [0.25, 0.3) is 17.0 Å². The summed E-state index contributed by atoms with van der Waals surface area (Å²) >= 11 is 0. The van der Waals surface area contributed by atoms with Gasteiger partial charge >= 0.3 is 0 Å². The molecule has 2 nitrogen and oxygen atoms in total. The van der Waals surface area contributed by atoms with Crippen molar-refractivity contribution in [1.29, 1.82) is 0 Å². The molecule has 2 aliphatic heterocycles. The van der Waals surface area contributed by atoms with Gasteiger partial charge in [0.2, 0.25) is 0 Å². The van der Waals surface area contributed by atoms with Crippen molar-refractivity contribution in [1.82, 2.24) is 4.90 Å². The number of halogens is 1. The summed E-state index contributed by atoms with van der Waals surface area (Å²) in [5, 5.41) is 1.18. The Balaban J connectivity index is 1.24. The first kappa shape index (κ1) is 21.0. The number of furan rings is 1. The summed E-state index contributed by atoms with van der Waals surface area (Å²) in [6.45, 7) is 3.35. The highest BCUT2D eigenvalue weighted by molar-refractivity contribution is 5.90. The van der Waals surface area contributed by atoms with E-state index in [2.05, 4.69) is 78.8 Å². The van der Waals surface area contributed by atoms with E-state index in [4.69, 9.17) is 4.42 Å². The fourth-order valence-corrected chi connectivity index (χ4v) is 6.56. The number of fused-ring (bicyclic) bond motifs is 7. The molecule has 5 unspecified atom stereocenters. The normalized spacial score (nSPS) is 29.4. The van der Waals surface area contributed by atoms with Gasteiger partial charge in [0.1, 0.15) is 17.2 Å². The molecule has 0 amide bonds. The van der Waals surface area contributed by atoms with Gasteiger partial charge in [-0.1, -0.05) is 61.6 Å². The Labute approximate surface area is 206 Å². The van der Waals surface area contributed by atoms with Gasteiger partial charge in [-0.05, 0) is 66.5 Å². The standard InChI is InChI=1S/C32H30FNO/c1-20(21-5-3-2-4-6-21)23-15-16-34-19-25-10-14-28-27-13-9-24(22-7-11-26(33)12-8-22)18-30(27)35-32(28)31(25)29(34)17-23/h3,5-7,9-18,20,22,25,29,31H,2,4,8,19H2,1H3. The lowest BCUT2D eigenvalue weighted by molar-refractivity contribution is 0.362. The van der Waals surface area contributed by atoms with E-state index in [0.29, 0.717) is 30.2 Å². The zero-order valence-electron chi connectivity index (χ0n) is 20.0. The minimum Gasteiger partial charge on any atom is -0.460 e. The topological polar surface area (TPSA) is 16.4 Å². The molecule has 1 aromatic carbocycles. The predicted molar refractivity (Wildman–Crippen MR) is 141 cm³/mol. The number of nitrogens with zero attached hydrogens (tertiary/aromatic N) is 1. The number of hydrogen-bond donors (Lipinski definition) is 0. The molecule has 176 valence electrons. The van der Waals surface area contributed by atoms with Crippen LogP contribution < -0.4 is 0 Å². The summed E-state index contributed by atoms with van der Waals surface area (Å²) in [7, 11) is 0. The van der Waals surface area contributed by atoms with Gasteiger partial charge in [-0.2, -0.15) is 0 Å². The molecule has 5 aliphatic rings. The van der Waals surface area contributed by atoms with Gasteiger partial charge in [0, 0.05) is 41.2 Å². The summed E-state index contributed by atoms with van der Waals surface area (Å²) in [6.07, 6.45) is 27.0. The first-order valence-electron chi connectivity index (χ1n) is 13.0. The van der Waals surface area contributed by atoms with Crippen LogP contribution >= 0.6 is 0 Å². The Kier molecular flexibility index (Phi) is 4.87. The molecule has 0 N–H and O–H groups in total. The third-order valence-electron chi connectivity index (χ3n) is 8.56. The first-order valence-corrected chi connectivity index (χ1v) is 13.0. The average Bonchev–Trinajstić information content (AvgIpc) is 3.46. The molecule has 0 spiro atoms. The van der Waals surface area contributed by atoms with Gasteiger partial charge in [-0.15, -0.1) is 0 Å². The van der Waals surface area contributed by atoms with E-state index < -0.39 is 0 Å². The van der Waals surface area contributed by atoms with Crippen LogP contribution in [0.5, 0.6) is 0 Å². The Morgan fingerprint density at radius 2 is 1.97 bits per heavy atom. The number of hydrogen-bond acceptors (Lipinski definition) is 2. The zero-order valence-corrected chi connectivity index (χ0v) is 20.0. The molecule has 1 fully saturated rings. The van der Waals surface area contributed by atoms with Crippen molar-refractivity contribution in [2.45, 2.75) is 44.1 Å². The van der Waals surface area contributed by atoms with Crippen LogP contribution in [0.15, 0.2) is 100 Å². The number of benzene rings is 1. The summed E-state index contributed by atoms with van der Waals surface area (Å²) < 4.78 is 20.1. The van der Waals surface area contributed by atoms with Crippen LogP contribution in [0.4, 0.5) is 4.39 Å². The maximum atomic E-state index is 13.5. The monoisotopic (exact) mass is 463 g/mol. The van der Waals surface area contributed by atoms with E-state index in [-0.39, 0.29) is 11.7 Å². The van der Waals surface area contributed by atoms with Crippen molar-refractivity contribution in [3.8, 4) is 0 Å². The summed E-state index contributed by atoms with van der Waals surface area (Å²) in [5.41, 5.74) is 6.20. The molecule has 0 radical (unpaired) electrons. The van der Waals surface area contributed by atoms with E-state index in [0.717, 1.165) is 30.7 Å². The average molecular weight is 464 g/mol. The van der Waals surface area contributed by atoms with Gasteiger partial charge in [-0.3, -0.25) is 0 Å². The lowest BCUT2D eigenvalue weighted by Crippen LogP contribution is -2.29. The Hall–Kier alpha value is -3.33. The Morgan fingerprint density at radius 1 is 1.03 bits per heavy atom. The molecule has 0 saturated carbocycles. The Morgan fingerprint density at radius 3 is 2.80 bits per heavy atom. The molecule has 3 heteroatoms. The van der Waals surface area contributed by atoms with Crippen LogP contribution in [-0.2, 0) is 0 Å². The van der Waals surface area contributed by atoms with Crippen molar-refractivity contribution < 1.29 is 8.81 Å². The lowest BCUT2D eigenvalue weighted by Gasteiger charge is -2.30. The van der Waals surface area contributed by atoms with Gasteiger partial charge in [-0.25, -0.2) is 4.39 Å². The van der Waals surface area contributed by atoms with Crippen molar-refractivity contribution in [3.63, 3.8) is 0 Å². The van der Waals surface area contributed by atoms with E-state index in [9.17, 15) is 4.39 Å². The van der Waals surface area contributed by atoms with Crippen LogP contribution in [0.3, 0.4) is 0 Å². The van der Waals surface area contributed by atoms with Crippen LogP contribution in [-0.4, -0.2) is 17.5 Å². The minimum atomic E-state index is -0.142. The van der Waals surface area contributed by atoms with Gasteiger partial charge in [0.05, 0.1) is 6.04 Å². The second kappa shape index (κ2) is 8.12. The van der Waals surface area contributed by atoms with Crippen LogP contribution in [0.2, 0.25) is 0 Å². The van der Waals surface area contributed by atoms with Crippen molar-refractivity contribution in [2.24, 2.45) is 11.8 Å². The third kappa shape index (κ3) is 3.43. The number of rotatable bonds is 3. The zero-order chi connectivity index (χ0) is 23.5. The van der Waals surface area contributed by atoms with Gasteiger partial charge in [0.15, 0.2) is 0 Å². The lowest BCUT2D eigenvalue weighted by atomic mass is 9.79. The molecular formula is C32H30FNO. The molecule has 5 atom stereocenters. The highest BCUT2D eigenvalue weighted by Gasteiger charge is 2.45. The van der Waals surface area contributed by atoms with Crippen molar-refractivity contribution in [2.75, 3.05) is 6.54 Å². The smallest absolute Gasteiger partial charge is 0.135 e. The molecule has 0 bridgehead atoms. The molecule has 2 aromatic rings. The van der Waals surface area contributed by atoms with Crippen molar-refractivity contribution in [3.05, 3.63) is 113 Å². The first-order chi connectivity index (χ1) is 17.2. The van der Waals surface area contributed by atoms with Gasteiger partial charge in [0.25, 0.3) is 0 Å². The minimum absolute atomic E-state index is 0.142. The van der Waals surface area contributed by atoms with Crippen LogP contribution in [0.1, 0.15) is 54.9 Å². The molecule has 3 heterocycles. The molecular weight excluding hydrogens is 433 g/mol. The van der Waals surface area contributed by atoms with E-state index in [1.165, 1.54) is 27.7 Å². The third-order valence-corrected chi connectivity index (χ3v) is 8.56.